The highest BCUT2D eigenvalue weighted by molar-refractivity contribution is 6.33. The number of anilines is 1. The van der Waals surface area contributed by atoms with Gasteiger partial charge < -0.3 is 4.74 Å². The third-order valence-electron chi connectivity index (χ3n) is 4.75. The first-order valence-corrected chi connectivity index (χ1v) is 9.75. The SMILES string of the molecule is CCOc1ccc(N2C(=O)/C(=C\c3ccc(F)cc3)N=C2c2ccc(C)cc2)cc1. The van der Waals surface area contributed by atoms with Crippen molar-refractivity contribution in [1.82, 2.24) is 0 Å². The standard InChI is InChI=1S/C25H21FN2O2/c1-3-30-22-14-12-21(13-15-22)28-24(19-8-4-17(2)5-9-19)27-23(25(28)29)16-18-6-10-20(26)11-7-18/h4-16H,3H2,1-2H3/b23-16+. The number of benzene rings is 3. The lowest BCUT2D eigenvalue weighted by molar-refractivity contribution is -0.113. The highest BCUT2D eigenvalue weighted by Gasteiger charge is 2.32. The third kappa shape index (κ3) is 4.01. The van der Waals surface area contributed by atoms with E-state index < -0.39 is 0 Å². The van der Waals surface area contributed by atoms with Crippen LogP contribution >= 0.6 is 0 Å². The van der Waals surface area contributed by atoms with Gasteiger partial charge in [-0.3, -0.25) is 9.69 Å². The van der Waals surface area contributed by atoms with Crippen LogP contribution in [0.1, 0.15) is 23.6 Å². The topological polar surface area (TPSA) is 41.9 Å². The van der Waals surface area contributed by atoms with Crippen LogP contribution in [0.2, 0.25) is 0 Å². The molecule has 1 heterocycles. The van der Waals surface area contributed by atoms with Gasteiger partial charge in [-0.25, -0.2) is 9.38 Å². The predicted molar refractivity (Wildman–Crippen MR) is 117 cm³/mol. The first kappa shape index (κ1) is 19.6. The Morgan fingerprint density at radius 1 is 0.967 bits per heavy atom. The molecule has 1 amide bonds. The number of amidine groups is 1. The van der Waals surface area contributed by atoms with E-state index in [0.717, 1.165) is 16.9 Å². The molecule has 4 rings (SSSR count). The van der Waals surface area contributed by atoms with Crippen molar-refractivity contribution in [3.63, 3.8) is 0 Å². The molecule has 1 aliphatic rings. The first-order valence-electron chi connectivity index (χ1n) is 9.75. The van der Waals surface area contributed by atoms with E-state index in [-0.39, 0.29) is 11.7 Å². The fraction of sp³-hybridized carbons (Fsp3) is 0.120. The Labute approximate surface area is 175 Å². The number of aryl methyl sites for hydroxylation is 1. The number of rotatable bonds is 5. The van der Waals surface area contributed by atoms with E-state index in [9.17, 15) is 9.18 Å². The zero-order valence-corrected chi connectivity index (χ0v) is 16.8. The van der Waals surface area contributed by atoms with Gasteiger partial charge in [0.2, 0.25) is 0 Å². The van der Waals surface area contributed by atoms with Crippen molar-refractivity contribution in [2.75, 3.05) is 11.5 Å². The Morgan fingerprint density at radius 2 is 1.63 bits per heavy atom. The van der Waals surface area contributed by atoms with E-state index in [4.69, 9.17) is 4.74 Å². The summed E-state index contributed by atoms with van der Waals surface area (Å²) in [6, 6.07) is 21.2. The molecule has 0 atom stereocenters. The molecule has 3 aromatic carbocycles. The quantitative estimate of drug-likeness (QED) is 0.541. The van der Waals surface area contributed by atoms with Crippen LogP contribution in [-0.4, -0.2) is 18.3 Å². The minimum atomic E-state index is -0.324. The summed E-state index contributed by atoms with van der Waals surface area (Å²) in [5, 5.41) is 0. The normalized spacial score (nSPS) is 14.9. The maximum atomic E-state index is 13.3. The number of nitrogens with zero attached hydrogens (tertiary/aromatic N) is 2. The molecule has 5 heteroatoms. The van der Waals surface area contributed by atoms with Gasteiger partial charge in [-0.15, -0.1) is 0 Å². The lowest BCUT2D eigenvalue weighted by Crippen LogP contribution is -2.32. The van der Waals surface area contributed by atoms with Crippen molar-refractivity contribution in [1.29, 1.82) is 0 Å². The number of carbonyl (C=O) groups excluding carboxylic acids is 1. The van der Waals surface area contributed by atoms with Crippen molar-refractivity contribution < 1.29 is 13.9 Å². The summed E-state index contributed by atoms with van der Waals surface area (Å²) >= 11 is 0. The van der Waals surface area contributed by atoms with Crippen LogP contribution in [-0.2, 0) is 4.79 Å². The van der Waals surface area contributed by atoms with Crippen LogP contribution in [0.4, 0.5) is 10.1 Å². The summed E-state index contributed by atoms with van der Waals surface area (Å²) in [4.78, 5) is 19.5. The smallest absolute Gasteiger partial charge is 0.282 e. The molecule has 1 aliphatic heterocycles. The number of ether oxygens (including phenoxy) is 1. The van der Waals surface area contributed by atoms with Crippen LogP contribution < -0.4 is 9.64 Å². The predicted octanol–water partition coefficient (Wildman–Crippen LogP) is 5.37. The Hall–Kier alpha value is -3.73. The van der Waals surface area contributed by atoms with Gasteiger partial charge in [0, 0.05) is 5.56 Å². The maximum absolute atomic E-state index is 13.3. The molecule has 0 unspecified atom stereocenters. The number of amides is 1. The summed E-state index contributed by atoms with van der Waals surface area (Å²) in [5.41, 5.74) is 3.67. The second-order valence-corrected chi connectivity index (χ2v) is 6.95. The number of hydrogen-bond donors (Lipinski definition) is 0. The molecule has 0 saturated carbocycles. The molecule has 0 aliphatic carbocycles. The fourth-order valence-electron chi connectivity index (χ4n) is 3.23. The number of halogens is 1. The van der Waals surface area contributed by atoms with E-state index in [1.54, 1.807) is 23.1 Å². The van der Waals surface area contributed by atoms with Crippen molar-refractivity contribution in [2.45, 2.75) is 13.8 Å². The van der Waals surface area contributed by atoms with E-state index >= 15 is 0 Å². The maximum Gasteiger partial charge on any atom is 0.282 e. The van der Waals surface area contributed by atoms with Gasteiger partial charge in [0.05, 0.1) is 12.3 Å². The summed E-state index contributed by atoms with van der Waals surface area (Å²) < 4.78 is 18.7. The molecule has 150 valence electrons. The van der Waals surface area contributed by atoms with Crippen LogP contribution in [0, 0.1) is 12.7 Å². The second kappa shape index (κ2) is 8.33. The fourth-order valence-corrected chi connectivity index (χ4v) is 3.23. The van der Waals surface area contributed by atoms with Crippen molar-refractivity contribution >= 4 is 23.5 Å². The van der Waals surface area contributed by atoms with E-state index in [2.05, 4.69) is 4.99 Å². The minimum absolute atomic E-state index is 0.237. The lowest BCUT2D eigenvalue weighted by Gasteiger charge is -2.19. The zero-order valence-electron chi connectivity index (χ0n) is 16.8. The Morgan fingerprint density at radius 3 is 2.27 bits per heavy atom. The van der Waals surface area contributed by atoms with Gasteiger partial charge in [-0.05, 0) is 61.9 Å². The first-order chi connectivity index (χ1) is 14.5. The summed E-state index contributed by atoms with van der Waals surface area (Å²) in [7, 11) is 0. The Bertz CT molecular complexity index is 1120. The highest BCUT2D eigenvalue weighted by Crippen LogP contribution is 2.29. The van der Waals surface area contributed by atoms with Gasteiger partial charge in [0.1, 0.15) is 23.1 Å². The molecule has 0 fully saturated rings. The molecule has 0 saturated heterocycles. The minimum Gasteiger partial charge on any atom is -0.494 e. The monoisotopic (exact) mass is 400 g/mol. The third-order valence-corrected chi connectivity index (χ3v) is 4.75. The summed E-state index contributed by atoms with van der Waals surface area (Å²) in [6.07, 6.45) is 1.67. The Kier molecular flexibility index (Phi) is 5.44. The van der Waals surface area contributed by atoms with Crippen LogP contribution in [0.5, 0.6) is 5.75 Å². The van der Waals surface area contributed by atoms with Gasteiger partial charge in [-0.1, -0.05) is 42.0 Å². The van der Waals surface area contributed by atoms with Crippen LogP contribution in [0.15, 0.2) is 83.5 Å². The molecule has 0 N–H and O–H groups in total. The largest absolute Gasteiger partial charge is 0.494 e. The van der Waals surface area contributed by atoms with Crippen molar-refractivity contribution in [2.24, 2.45) is 4.99 Å². The van der Waals surface area contributed by atoms with Gasteiger partial charge in [0.25, 0.3) is 5.91 Å². The van der Waals surface area contributed by atoms with Crippen LogP contribution in [0.3, 0.4) is 0 Å². The highest BCUT2D eigenvalue weighted by atomic mass is 19.1. The molecule has 4 nitrogen and oxygen atoms in total. The van der Waals surface area contributed by atoms with Gasteiger partial charge >= 0.3 is 0 Å². The molecule has 0 aromatic heterocycles. The average Bonchev–Trinajstić information content (AvgIpc) is 3.07. The lowest BCUT2D eigenvalue weighted by atomic mass is 10.1. The number of hydrogen-bond acceptors (Lipinski definition) is 3. The average molecular weight is 400 g/mol. The molecule has 30 heavy (non-hydrogen) atoms. The zero-order chi connectivity index (χ0) is 21.1. The van der Waals surface area contributed by atoms with Crippen LogP contribution in [0.25, 0.3) is 6.08 Å². The van der Waals surface area contributed by atoms with E-state index in [1.165, 1.54) is 12.1 Å². The number of carbonyl (C=O) groups is 1. The van der Waals surface area contributed by atoms with Gasteiger partial charge in [-0.2, -0.15) is 0 Å². The molecule has 0 bridgehead atoms. The van der Waals surface area contributed by atoms with Crippen molar-refractivity contribution in [3.05, 3.63) is 101 Å². The molecular weight excluding hydrogens is 379 g/mol. The van der Waals surface area contributed by atoms with E-state index in [0.29, 0.717) is 29.4 Å². The number of aliphatic imine (C=N–C) groups is 1. The molecule has 0 radical (unpaired) electrons. The van der Waals surface area contributed by atoms with E-state index in [1.807, 2.05) is 62.4 Å². The molecule has 0 spiro atoms. The summed E-state index contributed by atoms with van der Waals surface area (Å²) in [6.45, 7) is 4.50. The Balaban J connectivity index is 1.76. The second-order valence-electron chi connectivity index (χ2n) is 6.95. The van der Waals surface area contributed by atoms with Gasteiger partial charge in [0.15, 0.2) is 0 Å². The van der Waals surface area contributed by atoms with Crippen molar-refractivity contribution in [3.8, 4) is 5.75 Å². The molecular formula is C25H21FN2O2. The summed E-state index contributed by atoms with van der Waals surface area (Å²) in [5.74, 6) is 0.732. The molecule has 3 aromatic rings.